The molecular formula is C51H38N4O2. The minimum atomic E-state index is -0.172. The van der Waals surface area contributed by atoms with Gasteiger partial charge in [-0.2, -0.15) is 0 Å². The number of hydrogen-bond donors (Lipinski definition) is 3. The third kappa shape index (κ3) is 5.08. The molecule has 274 valence electrons. The summed E-state index contributed by atoms with van der Waals surface area (Å²) in [5.74, 6) is 0. The van der Waals surface area contributed by atoms with E-state index in [1.54, 1.807) is 0 Å². The molecule has 3 aromatic heterocycles. The summed E-state index contributed by atoms with van der Waals surface area (Å²) in [5.41, 5.74) is 12.6. The monoisotopic (exact) mass is 738 g/mol. The van der Waals surface area contributed by atoms with E-state index in [0.717, 1.165) is 90.1 Å². The molecule has 10 aromatic rings. The van der Waals surface area contributed by atoms with Crippen LogP contribution in [0.2, 0.25) is 0 Å². The van der Waals surface area contributed by atoms with Crippen LogP contribution in [-0.2, 0) is 0 Å². The molecule has 0 amide bonds. The molecule has 57 heavy (non-hydrogen) atoms. The molecule has 3 atom stereocenters. The van der Waals surface area contributed by atoms with Crippen LogP contribution in [0.5, 0.6) is 0 Å². The van der Waals surface area contributed by atoms with Crippen LogP contribution >= 0.6 is 0 Å². The zero-order chi connectivity index (χ0) is 37.5. The Morgan fingerprint density at radius 3 is 1.84 bits per heavy atom. The Labute approximate surface area is 328 Å². The molecule has 6 heteroatoms. The Hall–Kier alpha value is -6.70. The average Bonchev–Trinajstić information content (AvgIpc) is 3.97. The van der Waals surface area contributed by atoms with Gasteiger partial charge in [0, 0.05) is 32.3 Å². The smallest absolute Gasteiger partial charge is 0.159 e. The first-order valence-electron chi connectivity index (χ1n) is 19.9. The summed E-state index contributed by atoms with van der Waals surface area (Å²) in [5, 5.41) is 18.5. The van der Waals surface area contributed by atoms with Gasteiger partial charge in [-0.25, -0.2) is 0 Å². The Bertz CT molecular complexity index is 3200. The zero-order valence-corrected chi connectivity index (χ0v) is 31.1. The minimum absolute atomic E-state index is 0.0410. The van der Waals surface area contributed by atoms with Crippen molar-refractivity contribution in [1.82, 2.24) is 20.5 Å². The summed E-state index contributed by atoms with van der Waals surface area (Å²) < 4.78 is 16.0. The Morgan fingerprint density at radius 2 is 1.09 bits per heavy atom. The molecule has 1 fully saturated rings. The Balaban J connectivity index is 1.06. The molecule has 0 spiro atoms. The SMILES string of the molecule is C1=CC(C2NC(c3ccccc3)NC(c3cccc4oc5cccc(-c6cccc7oc8c(-n9c%10ccccc%10c%10ccccc%109)cccc8c67)c5c34)N2)=CCC1. The Kier molecular flexibility index (Phi) is 7.38. The predicted molar refractivity (Wildman–Crippen MR) is 232 cm³/mol. The molecule has 1 aliphatic heterocycles. The number of hydrogen-bond acceptors (Lipinski definition) is 5. The highest BCUT2D eigenvalue weighted by Crippen LogP contribution is 2.45. The average molecular weight is 739 g/mol. The number of nitrogens with zero attached hydrogens (tertiary/aromatic N) is 1. The van der Waals surface area contributed by atoms with E-state index in [-0.39, 0.29) is 18.5 Å². The summed E-state index contributed by atoms with van der Waals surface area (Å²) in [4.78, 5) is 0. The van der Waals surface area contributed by atoms with Gasteiger partial charge in [-0.05, 0) is 77.1 Å². The molecule has 0 saturated carbocycles. The van der Waals surface area contributed by atoms with Crippen molar-refractivity contribution in [2.24, 2.45) is 0 Å². The van der Waals surface area contributed by atoms with Crippen LogP contribution in [0.4, 0.5) is 0 Å². The second-order valence-electron chi connectivity index (χ2n) is 15.2. The van der Waals surface area contributed by atoms with Crippen molar-refractivity contribution in [2.45, 2.75) is 31.3 Å². The van der Waals surface area contributed by atoms with Gasteiger partial charge in [-0.15, -0.1) is 0 Å². The van der Waals surface area contributed by atoms with E-state index in [4.69, 9.17) is 8.83 Å². The first-order chi connectivity index (χ1) is 28.3. The van der Waals surface area contributed by atoms with Gasteiger partial charge >= 0.3 is 0 Å². The van der Waals surface area contributed by atoms with Crippen molar-refractivity contribution < 1.29 is 8.83 Å². The number of para-hydroxylation sites is 3. The molecule has 7 aromatic carbocycles. The number of nitrogens with one attached hydrogen (secondary N) is 3. The van der Waals surface area contributed by atoms with Crippen molar-refractivity contribution in [3.05, 3.63) is 187 Å². The van der Waals surface area contributed by atoms with E-state index in [1.807, 2.05) is 0 Å². The van der Waals surface area contributed by atoms with Crippen molar-refractivity contribution >= 4 is 65.7 Å². The molecule has 3 N–H and O–H groups in total. The Morgan fingerprint density at radius 1 is 0.474 bits per heavy atom. The van der Waals surface area contributed by atoms with Crippen molar-refractivity contribution in [3.63, 3.8) is 0 Å². The van der Waals surface area contributed by atoms with E-state index in [0.29, 0.717) is 0 Å². The number of allylic oxidation sites excluding steroid dienone is 2. The molecule has 3 unspecified atom stereocenters. The number of rotatable bonds is 5. The largest absolute Gasteiger partial charge is 0.456 e. The lowest BCUT2D eigenvalue weighted by atomic mass is 9.93. The predicted octanol–water partition coefficient (Wildman–Crippen LogP) is 12.3. The van der Waals surface area contributed by atoms with Crippen molar-refractivity contribution in [2.75, 3.05) is 0 Å². The molecule has 0 bridgehead atoms. The van der Waals surface area contributed by atoms with Crippen LogP contribution in [0.1, 0.15) is 36.3 Å². The summed E-state index contributed by atoms with van der Waals surface area (Å²) in [7, 11) is 0. The standard InChI is InChI=1S/C51H38N4O2/c1-3-15-31(16-4-1)49-52-50(32-17-5-2-6-18-32)54-51(53-49)38-24-14-30-44-47(38)46-36(22-13-29-43(46)56-44)35-21-12-28-42-45(35)37-23-11-27-41(48(37)57-42)55-39-25-9-7-19-33(39)34-20-8-10-26-40(34)55/h1,3-5,7-30,49-54H,2,6H2. The van der Waals surface area contributed by atoms with Crippen molar-refractivity contribution in [1.29, 1.82) is 0 Å². The molecule has 2 aliphatic rings. The molecule has 0 radical (unpaired) electrons. The third-order valence-electron chi connectivity index (χ3n) is 12.0. The molecule has 4 heterocycles. The second kappa shape index (κ2) is 12.9. The van der Waals surface area contributed by atoms with E-state index >= 15 is 0 Å². The quantitative estimate of drug-likeness (QED) is 0.164. The first-order valence-corrected chi connectivity index (χ1v) is 19.9. The highest BCUT2D eigenvalue weighted by Gasteiger charge is 2.32. The number of fused-ring (bicyclic) bond motifs is 9. The van der Waals surface area contributed by atoms with Gasteiger partial charge in [0.2, 0.25) is 0 Å². The van der Waals surface area contributed by atoms with Crippen LogP contribution < -0.4 is 16.0 Å². The first kappa shape index (κ1) is 32.5. The van der Waals surface area contributed by atoms with Gasteiger partial charge in [-0.1, -0.05) is 133 Å². The minimum Gasteiger partial charge on any atom is -0.456 e. The zero-order valence-electron chi connectivity index (χ0n) is 31.1. The van der Waals surface area contributed by atoms with Gasteiger partial charge in [0.15, 0.2) is 5.58 Å². The maximum absolute atomic E-state index is 6.91. The van der Waals surface area contributed by atoms with Gasteiger partial charge in [-0.3, -0.25) is 16.0 Å². The fourth-order valence-electron chi connectivity index (χ4n) is 9.48. The van der Waals surface area contributed by atoms with Crippen LogP contribution in [0, 0.1) is 0 Å². The maximum atomic E-state index is 6.91. The topological polar surface area (TPSA) is 67.3 Å². The van der Waals surface area contributed by atoms with E-state index in [2.05, 4.69) is 190 Å². The van der Waals surface area contributed by atoms with E-state index in [9.17, 15) is 0 Å². The van der Waals surface area contributed by atoms with Crippen molar-refractivity contribution in [3.8, 4) is 16.8 Å². The van der Waals surface area contributed by atoms with Crippen LogP contribution in [0.15, 0.2) is 184 Å². The molecule has 12 rings (SSSR count). The van der Waals surface area contributed by atoms with Gasteiger partial charge in [0.1, 0.15) is 16.7 Å². The summed E-state index contributed by atoms with van der Waals surface area (Å²) in [6.07, 6.45) is 8.71. The number of benzene rings is 7. The lowest BCUT2D eigenvalue weighted by Crippen LogP contribution is -2.59. The van der Waals surface area contributed by atoms with E-state index in [1.165, 1.54) is 21.9 Å². The van der Waals surface area contributed by atoms with Gasteiger partial charge in [0.25, 0.3) is 0 Å². The second-order valence-corrected chi connectivity index (χ2v) is 15.2. The molecule has 1 aliphatic carbocycles. The maximum Gasteiger partial charge on any atom is 0.159 e. The fraction of sp³-hybridized carbons (Fsp3) is 0.0980. The number of aromatic nitrogens is 1. The summed E-state index contributed by atoms with van der Waals surface area (Å²) >= 11 is 0. The fourth-order valence-corrected chi connectivity index (χ4v) is 9.48. The highest BCUT2D eigenvalue weighted by atomic mass is 16.3. The third-order valence-corrected chi connectivity index (χ3v) is 12.0. The lowest BCUT2D eigenvalue weighted by Gasteiger charge is -2.40. The normalized spacial score (nSPS) is 18.7. The molecular weight excluding hydrogens is 701 g/mol. The van der Waals surface area contributed by atoms with Crippen LogP contribution in [-0.4, -0.2) is 10.7 Å². The number of furan rings is 2. The summed E-state index contributed by atoms with van der Waals surface area (Å²) in [6, 6.07) is 53.7. The highest BCUT2D eigenvalue weighted by molar-refractivity contribution is 6.21. The molecule has 1 saturated heterocycles. The van der Waals surface area contributed by atoms with Gasteiger partial charge < -0.3 is 13.4 Å². The molecule has 6 nitrogen and oxygen atoms in total. The summed E-state index contributed by atoms with van der Waals surface area (Å²) in [6.45, 7) is 0. The van der Waals surface area contributed by atoms with Crippen LogP contribution in [0.3, 0.4) is 0 Å². The van der Waals surface area contributed by atoms with Gasteiger partial charge in [0.05, 0.1) is 35.2 Å². The lowest BCUT2D eigenvalue weighted by molar-refractivity contribution is 0.225. The van der Waals surface area contributed by atoms with Crippen LogP contribution in [0.25, 0.3) is 82.5 Å². The van der Waals surface area contributed by atoms with E-state index < -0.39 is 0 Å².